The summed E-state index contributed by atoms with van der Waals surface area (Å²) in [6, 6.07) is 11.8. The Morgan fingerprint density at radius 3 is 2.62 bits per heavy atom. The number of hydrogen-bond donors (Lipinski definition) is 2. The van der Waals surface area contributed by atoms with Crippen LogP contribution in [0.2, 0.25) is 5.02 Å². The molecule has 7 heteroatoms. The van der Waals surface area contributed by atoms with E-state index >= 15 is 0 Å². The second-order valence-corrected chi connectivity index (χ2v) is 7.11. The summed E-state index contributed by atoms with van der Waals surface area (Å²) in [7, 11) is 2.14. The summed E-state index contributed by atoms with van der Waals surface area (Å²) in [4.78, 5) is 16.0. The molecule has 3 N–H and O–H groups in total. The van der Waals surface area contributed by atoms with Crippen molar-refractivity contribution in [1.82, 2.24) is 19.9 Å². The van der Waals surface area contributed by atoms with Crippen molar-refractivity contribution in [3.05, 3.63) is 41.4 Å². The van der Waals surface area contributed by atoms with E-state index < -0.39 is 0 Å². The Balaban J connectivity index is 1.67. The molecule has 3 aromatic rings. The molecular formula is C19H21ClN6. The van der Waals surface area contributed by atoms with Gasteiger partial charge in [0, 0.05) is 16.6 Å². The normalized spacial score (nSPS) is 16.1. The first-order valence-electron chi connectivity index (χ1n) is 8.74. The average Bonchev–Trinajstić information content (AvgIpc) is 2.64. The van der Waals surface area contributed by atoms with E-state index in [9.17, 15) is 0 Å². The van der Waals surface area contributed by atoms with Crippen LogP contribution < -0.4 is 11.1 Å². The van der Waals surface area contributed by atoms with Gasteiger partial charge in [0.2, 0.25) is 5.95 Å². The van der Waals surface area contributed by atoms with Crippen molar-refractivity contribution >= 4 is 34.4 Å². The van der Waals surface area contributed by atoms with Crippen LogP contribution in [0.25, 0.3) is 22.3 Å². The Kier molecular flexibility index (Phi) is 4.61. The van der Waals surface area contributed by atoms with Gasteiger partial charge in [0.25, 0.3) is 0 Å². The number of anilines is 2. The van der Waals surface area contributed by atoms with Gasteiger partial charge in [-0.05, 0) is 51.2 Å². The number of rotatable bonds is 3. The Labute approximate surface area is 157 Å². The van der Waals surface area contributed by atoms with Gasteiger partial charge in [0.1, 0.15) is 5.82 Å². The number of nitrogen functional groups attached to an aromatic ring is 1. The molecule has 1 aromatic carbocycles. The molecule has 0 amide bonds. The highest BCUT2D eigenvalue weighted by atomic mass is 35.5. The molecular weight excluding hydrogens is 348 g/mol. The van der Waals surface area contributed by atoms with E-state index in [1.165, 1.54) is 0 Å². The highest BCUT2D eigenvalue weighted by Crippen LogP contribution is 2.28. The lowest BCUT2D eigenvalue weighted by Crippen LogP contribution is -2.37. The standard InChI is InChI=1S/C19H21ClN6/c1-26-10-8-12(9-11-26)22-19-24-17(21)14-6-7-16(23-18(14)25-19)13-4-2-3-5-15(13)20/h2-7,12H,8-11H2,1H3,(H3,21,22,23,24,25). The molecule has 26 heavy (non-hydrogen) atoms. The van der Waals surface area contributed by atoms with Crippen molar-refractivity contribution in [2.24, 2.45) is 0 Å². The molecule has 134 valence electrons. The summed E-state index contributed by atoms with van der Waals surface area (Å²) < 4.78 is 0. The third-order valence-electron chi connectivity index (χ3n) is 4.79. The van der Waals surface area contributed by atoms with Crippen LogP contribution in [0.15, 0.2) is 36.4 Å². The van der Waals surface area contributed by atoms with Crippen molar-refractivity contribution in [3.63, 3.8) is 0 Å². The van der Waals surface area contributed by atoms with E-state index in [1.807, 2.05) is 36.4 Å². The molecule has 2 aromatic heterocycles. The molecule has 6 nitrogen and oxygen atoms in total. The topological polar surface area (TPSA) is 80.0 Å². The van der Waals surface area contributed by atoms with Crippen LogP contribution in [0.5, 0.6) is 0 Å². The molecule has 0 saturated carbocycles. The molecule has 0 atom stereocenters. The lowest BCUT2D eigenvalue weighted by molar-refractivity contribution is 0.263. The number of fused-ring (bicyclic) bond motifs is 1. The number of halogens is 1. The number of hydrogen-bond acceptors (Lipinski definition) is 6. The highest BCUT2D eigenvalue weighted by molar-refractivity contribution is 6.33. The first kappa shape index (κ1) is 17.0. The zero-order chi connectivity index (χ0) is 18.1. The quantitative estimate of drug-likeness (QED) is 0.737. The number of likely N-dealkylation sites (tertiary alicyclic amines) is 1. The number of pyridine rings is 1. The largest absolute Gasteiger partial charge is 0.383 e. The monoisotopic (exact) mass is 368 g/mol. The number of piperidine rings is 1. The molecule has 0 radical (unpaired) electrons. The fourth-order valence-corrected chi connectivity index (χ4v) is 3.48. The number of nitrogens with zero attached hydrogens (tertiary/aromatic N) is 4. The Morgan fingerprint density at radius 2 is 1.85 bits per heavy atom. The van der Waals surface area contributed by atoms with Crippen LogP contribution in [-0.2, 0) is 0 Å². The van der Waals surface area contributed by atoms with Crippen LogP contribution in [0.1, 0.15) is 12.8 Å². The van der Waals surface area contributed by atoms with E-state index in [4.69, 9.17) is 17.3 Å². The fourth-order valence-electron chi connectivity index (χ4n) is 3.25. The van der Waals surface area contributed by atoms with E-state index in [1.54, 1.807) is 0 Å². The fraction of sp³-hybridized carbons (Fsp3) is 0.316. The average molecular weight is 369 g/mol. The van der Waals surface area contributed by atoms with Gasteiger partial charge in [-0.25, -0.2) is 4.98 Å². The predicted molar refractivity (Wildman–Crippen MR) is 106 cm³/mol. The van der Waals surface area contributed by atoms with Crippen molar-refractivity contribution in [1.29, 1.82) is 0 Å². The number of nitrogens with one attached hydrogen (secondary N) is 1. The molecule has 1 aliphatic heterocycles. The summed E-state index contributed by atoms with van der Waals surface area (Å²) in [5.74, 6) is 0.969. The predicted octanol–water partition coefficient (Wildman–Crippen LogP) is 3.43. The molecule has 0 bridgehead atoms. The van der Waals surface area contributed by atoms with Crippen LogP contribution >= 0.6 is 11.6 Å². The smallest absolute Gasteiger partial charge is 0.226 e. The Hall–Kier alpha value is -2.44. The van der Waals surface area contributed by atoms with Crippen molar-refractivity contribution in [2.75, 3.05) is 31.2 Å². The van der Waals surface area contributed by atoms with Crippen LogP contribution in [0.4, 0.5) is 11.8 Å². The van der Waals surface area contributed by atoms with Crippen LogP contribution in [0.3, 0.4) is 0 Å². The summed E-state index contributed by atoms with van der Waals surface area (Å²) in [5, 5.41) is 4.81. The first-order chi connectivity index (χ1) is 12.6. The second kappa shape index (κ2) is 7.05. The Bertz CT molecular complexity index is 936. The van der Waals surface area contributed by atoms with Crippen molar-refractivity contribution in [3.8, 4) is 11.3 Å². The van der Waals surface area contributed by atoms with Gasteiger partial charge < -0.3 is 16.0 Å². The van der Waals surface area contributed by atoms with Gasteiger partial charge in [-0.15, -0.1) is 0 Å². The molecule has 4 rings (SSSR count). The zero-order valence-corrected chi connectivity index (χ0v) is 15.4. The number of benzene rings is 1. The van der Waals surface area contributed by atoms with E-state index in [0.29, 0.717) is 28.5 Å². The van der Waals surface area contributed by atoms with Gasteiger partial charge in [-0.1, -0.05) is 29.8 Å². The third-order valence-corrected chi connectivity index (χ3v) is 5.12. The maximum atomic E-state index is 6.30. The molecule has 3 heterocycles. The highest BCUT2D eigenvalue weighted by Gasteiger charge is 2.18. The molecule has 0 aliphatic carbocycles. The molecule has 0 spiro atoms. The van der Waals surface area contributed by atoms with Crippen molar-refractivity contribution < 1.29 is 0 Å². The number of aromatic nitrogens is 3. The van der Waals surface area contributed by atoms with Crippen LogP contribution in [-0.4, -0.2) is 46.0 Å². The minimum absolute atomic E-state index is 0.356. The van der Waals surface area contributed by atoms with Gasteiger partial charge in [-0.3, -0.25) is 0 Å². The molecule has 1 aliphatic rings. The third kappa shape index (κ3) is 3.43. The summed E-state index contributed by atoms with van der Waals surface area (Å²) in [5.41, 5.74) is 8.35. The minimum atomic E-state index is 0.356. The zero-order valence-electron chi connectivity index (χ0n) is 14.6. The first-order valence-corrected chi connectivity index (χ1v) is 9.12. The van der Waals surface area contributed by atoms with Gasteiger partial charge in [-0.2, -0.15) is 9.97 Å². The molecule has 1 saturated heterocycles. The maximum Gasteiger partial charge on any atom is 0.226 e. The van der Waals surface area contributed by atoms with E-state index in [0.717, 1.165) is 42.6 Å². The van der Waals surface area contributed by atoms with Gasteiger partial charge in [0.05, 0.1) is 11.1 Å². The lowest BCUT2D eigenvalue weighted by Gasteiger charge is -2.29. The minimum Gasteiger partial charge on any atom is -0.383 e. The summed E-state index contributed by atoms with van der Waals surface area (Å²) >= 11 is 6.30. The SMILES string of the molecule is CN1CCC(Nc2nc(N)c3ccc(-c4ccccc4Cl)nc3n2)CC1. The molecule has 1 fully saturated rings. The molecule has 0 unspecified atom stereocenters. The van der Waals surface area contributed by atoms with E-state index in [-0.39, 0.29) is 0 Å². The van der Waals surface area contributed by atoms with Gasteiger partial charge >= 0.3 is 0 Å². The van der Waals surface area contributed by atoms with E-state index in [2.05, 4.69) is 32.2 Å². The van der Waals surface area contributed by atoms with Crippen molar-refractivity contribution in [2.45, 2.75) is 18.9 Å². The number of nitrogens with two attached hydrogens (primary N) is 1. The lowest BCUT2D eigenvalue weighted by atomic mass is 10.1. The van der Waals surface area contributed by atoms with Crippen LogP contribution in [0, 0.1) is 0 Å². The summed E-state index contributed by atoms with van der Waals surface area (Å²) in [6.07, 6.45) is 2.12. The maximum absolute atomic E-state index is 6.30. The van der Waals surface area contributed by atoms with Gasteiger partial charge in [0.15, 0.2) is 5.65 Å². The second-order valence-electron chi connectivity index (χ2n) is 6.70. The Morgan fingerprint density at radius 1 is 1.08 bits per heavy atom. The summed E-state index contributed by atoms with van der Waals surface area (Å²) in [6.45, 7) is 2.13.